The molecule has 11 nitrogen and oxygen atoms in total. The second-order valence-electron chi connectivity index (χ2n) is 29.4. The molecule has 8 saturated heterocycles. The summed E-state index contributed by atoms with van der Waals surface area (Å²) in [7, 11) is 7.72. The smallest absolute Gasteiger partial charge is 0.0765 e. The molecule has 15 rings (SSSR count). The van der Waals surface area contributed by atoms with E-state index < -0.39 is 0 Å². The van der Waals surface area contributed by atoms with Crippen LogP contribution in [-0.4, -0.2) is 178 Å². The third-order valence-electron chi connectivity index (χ3n) is 26.0. The average molecular weight is 1080 g/mol. The summed E-state index contributed by atoms with van der Waals surface area (Å²) in [4.78, 5) is 15.4. The van der Waals surface area contributed by atoms with Gasteiger partial charge in [-0.3, -0.25) is 40.4 Å². The Hall–Kier alpha value is 0.260. The van der Waals surface area contributed by atoms with Crippen molar-refractivity contribution in [2.75, 3.05) is 40.8 Å². The third kappa shape index (κ3) is 9.46. The topological polar surface area (TPSA) is 88.4 Å². The van der Waals surface area contributed by atoms with Crippen LogP contribution >= 0.6 is 23.5 Å². The first-order chi connectivity index (χ1) is 37.4. The summed E-state index contributed by atoms with van der Waals surface area (Å²) in [6.45, 7) is 3.50. The van der Waals surface area contributed by atoms with Gasteiger partial charge in [-0.05, 0) is 230 Å². The summed E-state index contributed by atoms with van der Waals surface area (Å²) in [5, 5.41) is 29.9. The van der Waals surface area contributed by atoms with Crippen molar-refractivity contribution in [3.63, 3.8) is 0 Å². The van der Waals surface area contributed by atoms with Crippen LogP contribution in [0.5, 0.6) is 0 Å². The zero-order valence-corrected chi connectivity index (χ0v) is 49.7. The zero-order chi connectivity index (χ0) is 50.6. The number of piperidine rings is 3. The maximum absolute atomic E-state index is 4.65. The Morgan fingerprint density at radius 2 is 0.632 bits per heavy atom. The molecule has 0 radical (unpaired) electrons. The van der Waals surface area contributed by atoms with Gasteiger partial charge in [0.2, 0.25) is 0 Å². The largest absolute Gasteiger partial charge is 0.300 e. The van der Waals surface area contributed by atoms with Crippen molar-refractivity contribution in [1.29, 1.82) is 0 Å². The Kier molecular flexibility index (Phi) is 15.8. The lowest BCUT2D eigenvalue weighted by Crippen LogP contribution is -2.66. The number of likely N-dealkylation sites (N-methyl/N-ethyl adjacent to an activating group) is 3. The highest BCUT2D eigenvalue weighted by molar-refractivity contribution is 8.00. The molecule has 6 N–H and O–H groups in total. The van der Waals surface area contributed by atoms with Crippen molar-refractivity contribution in [3.05, 3.63) is 0 Å². The predicted octanol–water partition coefficient (Wildman–Crippen LogP) is 8.75. The van der Waals surface area contributed by atoms with Crippen LogP contribution < -0.4 is 31.9 Å². The summed E-state index contributed by atoms with van der Waals surface area (Å²) in [5.41, 5.74) is 0. The Balaban J connectivity index is 0.800. The van der Waals surface area contributed by atoms with Crippen LogP contribution in [-0.2, 0) is 0 Å². The molecule has 0 aromatic heterocycles. The Labute approximate surface area is 471 Å². The van der Waals surface area contributed by atoms with Gasteiger partial charge in [-0.2, -0.15) is 23.5 Å². The molecule has 0 aromatic rings. The predicted molar refractivity (Wildman–Crippen MR) is 315 cm³/mol. The summed E-state index contributed by atoms with van der Waals surface area (Å²) in [5.74, 6) is 4.87. The van der Waals surface area contributed by atoms with Gasteiger partial charge in [-0.25, -0.2) is 0 Å². The molecule has 0 spiro atoms. The molecule has 13 heteroatoms. The quantitative estimate of drug-likeness (QED) is 0.147. The number of thioether (sulfide) groups is 2. The number of fused-ring (bicyclic) bond motifs is 7. The molecule has 15 fully saturated rings. The zero-order valence-electron chi connectivity index (χ0n) is 48.1. The molecule has 8 heterocycles. The van der Waals surface area contributed by atoms with Crippen molar-refractivity contribution in [2.24, 2.45) is 41.4 Å². The van der Waals surface area contributed by atoms with Gasteiger partial charge >= 0.3 is 0 Å². The van der Waals surface area contributed by atoms with Crippen LogP contribution in [0.1, 0.15) is 199 Å². The highest BCUT2D eigenvalue weighted by atomic mass is 32.2. The molecule has 21 unspecified atom stereocenters. The van der Waals surface area contributed by atoms with Crippen molar-refractivity contribution in [3.8, 4) is 0 Å². The number of nitrogens with one attached hydrogen (secondary N) is 6. The van der Waals surface area contributed by atoms with E-state index in [-0.39, 0.29) is 0 Å². The van der Waals surface area contributed by atoms with Crippen molar-refractivity contribution in [1.82, 2.24) is 56.4 Å². The summed E-state index contributed by atoms with van der Waals surface area (Å²) in [6, 6.07) is 6.68. The second-order valence-corrected chi connectivity index (χ2v) is 32.4. The molecule has 15 aliphatic rings. The molecule has 7 saturated carbocycles. The lowest BCUT2D eigenvalue weighted by Gasteiger charge is -2.60. The fourth-order valence-corrected chi connectivity index (χ4v) is 26.8. The van der Waals surface area contributed by atoms with Gasteiger partial charge in [0.05, 0.1) is 37.0 Å². The first kappa shape index (κ1) is 53.0. The van der Waals surface area contributed by atoms with Crippen LogP contribution in [0, 0.1) is 41.4 Å². The van der Waals surface area contributed by atoms with Crippen LogP contribution in [0.3, 0.4) is 0 Å². The maximum atomic E-state index is 4.65. The van der Waals surface area contributed by atoms with Gasteiger partial charge in [0.1, 0.15) is 0 Å². The SMILES string of the molecule is CN1C2NCCCC2NC1C1C(C2CCC(N3C4CCCCC4SC4CCCCC43)CC2)CC(C2CCC(N3C4CCCCC4SC4CCCCC43)CC2)C(C2NC3CCCNC3N2C)C1C1NC2CCCNC2N1C. The van der Waals surface area contributed by atoms with Gasteiger partial charge in [0.15, 0.2) is 0 Å². The monoisotopic (exact) mass is 1080 g/mol. The molecule has 0 amide bonds. The molecule has 0 aromatic carbocycles. The number of hydrogen-bond acceptors (Lipinski definition) is 13. The minimum atomic E-state index is 0.375. The van der Waals surface area contributed by atoms with E-state index in [2.05, 4.69) is 101 Å². The van der Waals surface area contributed by atoms with Gasteiger partial charge in [-0.15, -0.1) is 0 Å². The number of nitrogens with zero attached hydrogens (tertiary/aromatic N) is 5. The van der Waals surface area contributed by atoms with Gasteiger partial charge in [0, 0.05) is 75.4 Å². The first-order valence-electron chi connectivity index (χ1n) is 33.9. The summed E-state index contributed by atoms with van der Waals surface area (Å²) in [6.07, 6.45) is 47.2. The molecule has 7 aliphatic carbocycles. The van der Waals surface area contributed by atoms with E-state index in [1.165, 1.54) is 212 Å². The standard InChI is InChI=1S/C63H109N11S2/c1-70-58-44(15-12-34-64-58)67-61(70)55-42(38-26-30-40(31-27-38)73-47-18-4-8-22-51(47)75-52-23-9-5-19-48(52)73)37-43(39-28-32-41(33-29-39)74-49-20-6-10-24-53(49)76-54-25-11-7-21-50(54)74)56(62-68-45-16-13-35-65-59(45)71(62)2)57(55)63-69-46-17-14-36-66-60(46)72(63)3/h38-69H,4-37H2,1-3H3. The molecule has 8 aliphatic heterocycles. The molecule has 76 heavy (non-hydrogen) atoms. The molecular weight excluding hydrogens is 975 g/mol. The second kappa shape index (κ2) is 22.7. The Morgan fingerprint density at radius 3 is 0.961 bits per heavy atom. The van der Waals surface area contributed by atoms with Gasteiger partial charge < -0.3 is 16.0 Å². The number of rotatable bonds is 7. The third-order valence-corrected chi connectivity index (χ3v) is 29.6. The van der Waals surface area contributed by atoms with E-state index in [0.29, 0.717) is 72.9 Å². The van der Waals surface area contributed by atoms with E-state index >= 15 is 0 Å². The Morgan fingerprint density at radius 1 is 0.316 bits per heavy atom. The van der Waals surface area contributed by atoms with Crippen molar-refractivity contribution in [2.45, 2.75) is 311 Å². The van der Waals surface area contributed by atoms with Gasteiger partial charge in [0.25, 0.3) is 0 Å². The fourth-order valence-electron chi connectivity index (χ4n) is 22.9. The highest BCUT2D eigenvalue weighted by Gasteiger charge is 2.63. The maximum Gasteiger partial charge on any atom is 0.0765 e. The van der Waals surface area contributed by atoms with E-state index in [9.17, 15) is 0 Å². The van der Waals surface area contributed by atoms with Crippen LogP contribution in [0.2, 0.25) is 0 Å². The summed E-state index contributed by atoms with van der Waals surface area (Å²) < 4.78 is 0. The molecular formula is C63H109N11S2. The lowest BCUT2D eigenvalue weighted by atomic mass is 9.51. The van der Waals surface area contributed by atoms with Crippen molar-refractivity contribution < 1.29 is 0 Å². The molecule has 428 valence electrons. The van der Waals surface area contributed by atoms with Crippen molar-refractivity contribution >= 4 is 23.5 Å². The average Bonchev–Trinajstić information content (AvgIpc) is 4.22. The van der Waals surface area contributed by atoms with E-state index in [0.717, 1.165) is 87.5 Å². The van der Waals surface area contributed by atoms with E-state index in [4.69, 9.17) is 0 Å². The minimum Gasteiger partial charge on any atom is -0.300 e. The lowest BCUT2D eigenvalue weighted by molar-refractivity contribution is -0.121. The van der Waals surface area contributed by atoms with Crippen LogP contribution in [0.4, 0.5) is 0 Å². The van der Waals surface area contributed by atoms with E-state index in [1.54, 1.807) is 0 Å². The minimum absolute atomic E-state index is 0.375. The first-order valence-corrected chi connectivity index (χ1v) is 35.8. The van der Waals surface area contributed by atoms with Crippen LogP contribution in [0.15, 0.2) is 0 Å². The molecule has 21 atom stereocenters. The van der Waals surface area contributed by atoms with Crippen LogP contribution in [0.25, 0.3) is 0 Å². The number of hydrogen-bond donors (Lipinski definition) is 6. The highest BCUT2D eigenvalue weighted by Crippen LogP contribution is 2.60. The summed E-state index contributed by atoms with van der Waals surface area (Å²) >= 11 is 4.99. The van der Waals surface area contributed by atoms with E-state index in [1.807, 2.05) is 0 Å². The normalized spacial score (nSPS) is 53.9. The Bertz CT molecular complexity index is 1790. The fraction of sp³-hybridized carbons (Fsp3) is 1.00. The van der Waals surface area contributed by atoms with Gasteiger partial charge in [-0.1, -0.05) is 51.4 Å². The molecule has 0 bridgehead atoms.